The average Bonchev–Trinajstić information content (AvgIpc) is 3.01. The second kappa shape index (κ2) is 14.1. The molecule has 0 N–H and O–H groups in total. The molecule has 0 spiro atoms. The van der Waals surface area contributed by atoms with Crippen molar-refractivity contribution in [1.29, 1.82) is 0 Å². The number of carbonyl (C=O) groups is 1. The Labute approximate surface area is 259 Å². The molecule has 0 aliphatic carbocycles. The maximum absolute atomic E-state index is 15.1. The van der Waals surface area contributed by atoms with Crippen molar-refractivity contribution in [2.24, 2.45) is 5.92 Å². The van der Waals surface area contributed by atoms with Gasteiger partial charge in [0.15, 0.2) is 11.6 Å². The molecule has 45 heavy (non-hydrogen) atoms. The lowest BCUT2D eigenvalue weighted by Crippen LogP contribution is -2.39. The summed E-state index contributed by atoms with van der Waals surface area (Å²) in [4.78, 5) is 24.8. The molecule has 7 nitrogen and oxygen atoms in total. The zero-order valence-corrected chi connectivity index (χ0v) is 25.4. The minimum absolute atomic E-state index is 0.0280. The number of aryl methyl sites for hydroxylation is 1. The second-order valence-electron chi connectivity index (χ2n) is 11.6. The molecule has 4 heterocycles. The van der Waals surface area contributed by atoms with Gasteiger partial charge in [0.25, 0.3) is 0 Å². The van der Waals surface area contributed by atoms with Crippen LogP contribution in [0.25, 0.3) is 11.3 Å². The number of nitrogens with zero attached hydrogens (tertiary/aromatic N) is 4. The van der Waals surface area contributed by atoms with Crippen LogP contribution in [0.4, 0.5) is 27.8 Å². The van der Waals surface area contributed by atoms with Gasteiger partial charge in [0.1, 0.15) is 18.2 Å². The zero-order chi connectivity index (χ0) is 32.1. The summed E-state index contributed by atoms with van der Waals surface area (Å²) in [6.45, 7) is 4.96. The van der Waals surface area contributed by atoms with Gasteiger partial charge in [-0.3, -0.25) is 14.7 Å². The van der Waals surface area contributed by atoms with E-state index in [9.17, 15) is 22.4 Å². The van der Waals surface area contributed by atoms with Crippen molar-refractivity contribution in [3.05, 3.63) is 71.1 Å². The molecule has 2 fully saturated rings. The number of likely N-dealkylation sites (tertiary alicyclic amines) is 1. The van der Waals surface area contributed by atoms with E-state index in [-0.39, 0.29) is 35.7 Å². The van der Waals surface area contributed by atoms with Crippen molar-refractivity contribution in [3.8, 4) is 17.0 Å². The third kappa shape index (κ3) is 8.27. The molecule has 0 unspecified atom stereocenters. The molecule has 12 heteroatoms. The van der Waals surface area contributed by atoms with E-state index in [1.165, 1.54) is 11.0 Å². The van der Waals surface area contributed by atoms with Crippen LogP contribution in [0.1, 0.15) is 55.3 Å². The number of pyridine rings is 2. The Balaban J connectivity index is 1.27. The Hall–Kier alpha value is -3.80. The Morgan fingerprint density at radius 1 is 1.02 bits per heavy atom. The molecule has 0 atom stereocenters. The summed E-state index contributed by atoms with van der Waals surface area (Å²) in [5.41, 5.74) is 2.88. The first-order chi connectivity index (χ1) is 21.5. The van der Waals surface area contributed by atoms with Crippen LogP contribution < -0.4 is 9.64 Å². The van der Waals surface area contributed by atoms with Crippen LogP contribution in [-0.4, -0.2) is 66.3 Å². The molecule has 2 aliphatic heterocycles. The van der Waals surface area contributed by atoms with Gasteiger partial charge in [0, 0.05) is 48.1 Å². The number of alkyl halides is 3. The third-order valence-corrected chi connectivity index (χ3v) is 8.48. The molecule has 5 rings (SSSR count). The molecular formula is C33H37F5N4O3. The maximum atomic E-state index is 15.1. The van der Waals surface area contributed by atoms with Crippen molar-refractivity contribution >= 4 is 11.8 Å². The topological polar surface area (TPSA) is 67.8 Å². The Kier molecular flexibility index (Phi) is 10.2. The van der Waals surface area contributed by atoms with Gasteiger partial charge < -0.3 is 14.4 Å². The largest absolute Gasteiger partial charge is 0.485 e. The van der Waals surface area contributed by atoms with Crippen LogP contribution in [0, 0.1) is 24.5 Å². The summed E-state index contributed by atoms with van der Waals surface area (Å²) in [5.74, 6) is -1.43. The highest BCUT2D eigenvalue weighted by Gasteiger charge is 2.33. The lowest BCUT2D eigenvalue weighted by atomic mass is 9.92. The van der Waals surface area contributed by atoms with E-state index in [0.717, 1.165) is 17.3 Å². The molecule has 2 aromatic heterocycles. The minimum atomic E-state index is -4.21. The fraction of sp³-hybridized carbons (Fsp3) is 0.485. The van der Waals surface area contributed by atoms with Crippen molar-refractivity contribution in [2.75, 3.05) is 44.2 Å². The van der Waals surface area contributed by atoms with Gasteiger partial charge in [0.2, 0.25) is 0 Å². The van der Waals surface area contributed by atoms with E-state index < -0.39 is 24.4 Å². The monoisotopic (exact) mass is 632 g/mol. The Morgan fingerprint density at radius 2 is 1.76 bits per heavy atom. The molecule has 0 bridgehead atoms. The summed E-state index contributed by atoms with van der Waals surface area (Å²) >= 11 is 0. The van der Waals surface area contributed by atoms with Crippen LogP contribution in [0.15, 0.2) is 42.6 Å². The predicted octanol–water partition coefficient (Wildman–Crippen LogP) is 6.83. The molecule has 0 saturated carbocycles. The average molecular weight is 633 g/mol. The highest BCUT2D eigenvalue weighted by Crippen LogP contribution is 2.35. The number of aromatic nitrogens is 2. The quantitative estimate of drug-likeness (QED) is 0.189. The van der Waals surface area contributed by atoms with Gasteiger partial charge in [-0.25, -0.2) is 13.8 Å². The number of benzene rings is 1. The van der Waals surface area contributed by atoms with Crippen LogP contribution in [0.5, 0.6) is 5.75 Å². The lowest BCUT2D eigenvalue weighted by Gasteiger charge is -2.32. The van der Waals surface area contributed by atoms with Crippen molar-refractivity contribution in [1.82, 2.24) is 14.9 Å². The number of anilines is 1. The Morgan fingerprint density at radius 3 is 2.42 bits per heavy atom. The van der Waals surface area contributed by atoms with E-state index in [1.807, 2.05) is 24.0 Å². The Bertz CT molecular complexity index is 1490. The van der Waals surface area contributed by atoms with E-state index in [1.54, 1.807) is 25.3 Å². The number of rotatable bonds is 9. The van der Waals surface area contributed by atoms with Gasteiger partial charge in [-0.05, 0) is 82.4 Å². The van der Waals surface area contributed by atoms with Gasteiger partial charge in [-0.2, -0.15) is 13.2 Å². The van der Waals surface area contributed by atoms with E-state index in [4.69, 9.17) is 14.5 Å². The van der Waals surface area contributed by atoms with Gasteiger partial charge in [-0.15, -0.1) is 0 Å². The third-order valence-electron chi connectivity index (χ3n) is 8.48. The molecule has 0 amide bonds. The SMILES string of the molecule is CCOC(=O)C1CCN(c2cccc(-c3cc(F)cc(F)c3OCc3cnc(C4CCN(CC(F)(F)F)CC4)cc3C)n2)CC1. The number of esters is 1. The van der Waals surface area contributed by atoms with E-state index >= 15 is 4.39 Å². The molecule has 0 radical (unpaired) electrons. The predicted molar refractivity (Wildman–Crippen MR) is 159 cm³/mol. The first-order valence-electron chi connectivity index (χ1n) is 15.3. The van der Waals surface area contributed by atoms with Crippen LogP contribution >= 0.6 is 0 Å². The molecule has 3 aromatic rings. The van der Waals surface area contributed by atoms with Crippen molar-refractivity contribution in [3.63, 3.8) is 0 Å². The summed E-state index contributed by atoms with van der Waals surface area (Å²) in [6, 6.07) is 9.11. The normalized spacial score (nSPS) is 17.0. The standard InChI is InChI=1S/C33H37F5N4O3/c1-3-44-32(43)23-9-13-42(14-10-23)30-6-4-5-28(40-30)26-16-25(34)17-27(35)31(26)45-19-24-18-39-29(15-21(24)2)22-7-11-41(12-8-22)20-33(36,37)38/h4-6,15-18,22-23H,3,7-14,19-20H2,1-2H3. The number of carbonyl (C=O) groups excluding carboxylic acids is 1. The summed E-state index contributed by atoms with van der Waals surface area (Å²) in [5, 5.41) is 0. The highest BCUT2D eigenvalue weighted by molar-refractivity contribution is 5.73. The molecule has 242 valence electrons. The number of piperidine rings is 2. The molecule has 2 aliphatic rings. The minimum Gasteiger partial charge on any atom is -0.485 e. The fourth-order valence-electron chi connectivity index (χ4n) is 6.02. The van der Waals surface area contributed by atoms with Crippen molar-refractivity contribution < 1.29 is 36.2 Å². The number of ether oxygens (including phenoxy) is 2. The first-order valence-corrected chi connectivity index (χ1v) is 15.3. The summed E-state index contributed by atoms with van der Waals surface area (Å²) in [6.07, 6.45) is -0.160. The molecule has 2 saturated heterocycles. The van der Waals surface area contributed by atoms with Gasteiger partial charge >= 0.3 is 12.1 Å². The number of hydrogen-bond donors (Lipinski definition) is 0. The van der Waals surface area contributed by atoms with Crippen LogP contribution in [0.3, 0.4) is 0 Å². The second-order valence-corrected chi connectivity index (χ2v) is 11.6. The molecule has 1 aromatic carbocycles. The zero-order valence-electron chi connectivity index (χ0n) is 25.4. The maximum Gasteiger partial charge on any atom is 0.401 e. The summed E-state index contributed by atoms with van der Waals surface area (Å²) in [7, 11) is 0. The van der Waals surface area contributed by atoms with Crippen LogP contribution in [-0.2, 0) is 16.1 Å². The highest BCUT2D eigenvalue weighted by atomic mass is 19.4. The van der Waals surface area contributed by atoms with Crippen molar-refractivity contribution in [2.45, 2.75) is 58.2 Å². The lowest BCUT2D eigenvalue weighted by molar-refractivity contribution is -0.149. The smallest absolute Gasteiger partial charge is 0.401 e. The van der Waals surface area contributed by atoms with Gasteiger partial charge in [-0.1, -0.05) is 6.07 Å². The van der Waals surface area contributed by atoms with E-state index in [0.29, 0.717) is 75.5 Å². The number of hydrogen-bond acceptors (Lipinski definition) is 7. The van der Waals surface area contributed by atoms with Gasteiger partial charge in [0.05, 0.1) is 24.8 Å². The fourth-order valence-corrected chi connectivity index (χ4v) is 6.02. The molecular weight excluding hydrogens is 595 g/mol. The first kappa shape index (κ1) is 32.6. The number of halogens is 5. The summed E-state index contributed by atoms with van der Waals surface area (Å²) < 4.78 is 78.9. The van der Waals surface area contributed by atoms with E-state index in [2.05, 4.69) is 4.98 Å². The van der Waals surface area contributed by atoms with Crippen LogP contribution in [0.2, 0.25) is 0 Å².